The molecule has 0 atom stereocenters. The molecular weight excluding hydrogens is 445 g/mol. The fourth-order valence-corrected chi connectivity index (χ4v) is 4.44. The second-order valence-corrected chi connectivity index (χ2v) is 8.53. The molecule has 0 unspecified atom stereocenters. The average Bonchev–Trinajstić information content (AvgIpc) is 3.04. The molecular formula is C19H10Cl3NO4S. The SMILES string of the molecule is O=S(=O)(Oc1ccccc1-c1nc2cc(Cl)ccc2o1)c1ccc(Cl)cc1Cl. The van der Waals surface area contributed by atoms with E-state index in [0.717, 1.165) is 0 Å². The van der Waals surface area contributed by atoms with Gasteiger partial charge in [-0.1, -0.05) is 46.9 Å². The third-order valence-corrected chi connectivity index (χ3v) is 6.02. The smallest absolute Gasteiger partial charge is 0.340 e. The minimum absolute atomic E-state index is 0.0403. The molecule has 0 fully saturated rings. The fraction of sp³-hybridized carbons (Fsp3) is 0. The molecule has 28 heavy (non-hydrogen) atoms. The van der Waals surface area contributed by atoms with Gasteiger partial charge in [0.15, 0.2) is 11.3 Å². The van der Waals surface area contributed by atoms with E-state index in [1.165, 1.54) is 24.3 Å². The molecule has 5 nitrogen and oxygen atoms in total. The lowest BCUT2D eigenvalue weighted by Crippen LogP contribution is -2.11. The Bertz CT molecular complexity index is 1300. The molecule has 9 heteroatoms. The van der Waals surface area contributed by atoms with Crippen LogP contribution in [0.1, 0.15) is 0 Å². The minimum atomic E-state index is -4.21. The van der Waals surface area contributed by atoms with E-state index in [-0.39, 0.29) is 21.6 Å². The van der Waals surface area contributed by atoms with Gasteiger partial charge >= 0.3 is 10.1 Å². The maximum Gasteiger partial charge on any atom is 0.340 e. The fourth-order valence-electron chi connectivity index (χ4n) is 2.57. The Kier molecular flexibility index (Phi) is 4.97. The Morgan fingerprint density at radius 3 is 2.39 bits per heavy atom. The van der Waals surface area contributed by atoms with Crippen LogP contribution in [0.4, 0.5) is 0 Å². The molecule has 1 heterocycles. The van der Waals surface area contributed by atoms with E-state index in [2.05, 4.69) is 4.98 Å². The van der Waals surface area contributed by atoms with Crippen LogP contribution in [-0.2, 0) is 10.1 Å². The van der Waals surface area contributed by atoms with Gasteiger partial charge in [-0.15, -0.1) is 0 Å². The summed E-state index contributed by atoms with van der Waals surface area (Å²) in [4.78, 5) is 4.17. The summed E-state index contributed by atoms with van der Waals surface area (Å²) in [5.41, 5.74) is 1.42. The number of para-hydroxylation sites is 1. The quantitative estimate of drug-likeness (QED) is 0.342. The summed E-state index contributed by atoms with van der Waals surface area (Å²) in [6.07, 6.45) is 0. The van der Waals surface area contributed by atoms with Gasteiger partial charge in [0.25, 0.3) is 0 Å². The van der Waals surface area contributed by atoms with Crippen LogP contribution >= 0.6 is 34.8 Å². The molecule has 0 spiro atoms. The lowest BCUT2D eigenvalue weighted by Gasteiger charge is -2.11. The van der Waals surface area contributed by atoms with Crippen molar-refractivity contribution in [2.24, 2.45) is 0 Å². The number of halogens is 3. The zero-order chi connectivity index (χ0) is 19.9. The first-order valence-corrected chi connectivity index (χ1v) is 10.4. The predicted octanol–water partition coefficient (Wildman–Crippen LogP) is 6.22. The van der Waals surface area contributed by atoms with E-state index < -0.39 is 10.1 Å². The molecule has 0 radical (unpaired) electrons. The molecule has 3 aromatic carbocycles. The van der Waals surface area contributed by atoms with E-state index in [0.29, 0.717) is 26.7 Å². The highest BCUT2D eigenvalue weighted by Crippen LogP contribution is 2.35. The Balaban J connectivity index is 1.77. The van der Waals surface area contributed by atoms with Crippen LogP contribution in [0.25, 0.3) is 22.6 Å². The molecule has 4 rings (SSSR count). The largest absolute Gasteiger partial charge is 0.436 e. The molecule has 0 N–H and O–H groups in total. The molecule has 0 saturated heterocycles. The number of aromatic nitrogens is 1. The first-order valence-electron chi connectivity index (χ1n) is 7.88. The van der Waals surface area contributed by atoms with Crippen molar-refractivity contribution < 1.29 is 17.0 Å². The van der Waals surface area contributed by atoms with Crippen molar-refractivity contribution >= 4 is 56.0 Å². The van der Waals surface area contributed by atoms with Gasteiger partial charge in [-0.25, -0.2) is 4.98 Å². The zero-order valence-corrected chi connectivity index (χ0v) is 17.0. The molecule has 0 aliphatic carbocycles. The number of oxazole rings is 1. The molecule has 1 aromatic heterocycles. The second kappa shape index (κ2) is 7.29. The maximum atomic E-state index is 12.7. The topological polar surface area (TPSA) is 69.4 Å². The highest BCUT2D eigenvalue weighted by molar-refractivity contribution is 7.87. The van der Waals surface area contributed by atoms with Crippen molar-refractivity contribution in [3.05, 3.63) is 75.7 Å². The number of benzene rings is 3. The molecule has 4 aromatic rings. The summed E-state index contributed by atoms with van der Waals surface area (Å²) in [5.74, 6) is 0.247. The van der Waals surface area contributed by atoms with Crippen molar-refractivity contribution in [1.82, 2.24) is 4.98 Å². The first-order chi connectivity index (χ1) is 13.3. The number of hydrogen-bond acceptors (Lipinski definition) is 5. The highest BCUT2D eigenvalue weighted by atomic mass is 35.5. The van der Waals surface area contributed by atoms with Crippen LogP contribution in [-0.4, -0.2) is 13.4 Å². The lowest BCUT2D eigenvalue weighted by atomic mass is 10.2. The number of hydrogen-bond donors (Lipinski definition) is 0. The van der Waals surface area contributed by atoms with Gasteiger partial charge in [-0.2, -0.15) is 8.42 Å². The molecule has 0 bridgehead atoms. The van der Waals surface area contributed by atoms with E-state index >= 15 is 0 Å². The van der Waals surface area contributed by atoms with Gasteiger partial charge in [0, 0.05) is 10.0 Å². The second-order valence-electron chi connectivity index (χ2n) is 5.74. The third kappa shape index (κ3) is 3.69. The van der Waals surface area contributed by atoms with E-state index in [1.54, 1.807) is 36.4 Å². The first kappa shape index (κ1) is 19.1. The molecule has 0 saturated carbocycles. The summed E-state index contributed by atoms with van der Waals surface area (Å²) in [5, 5.41) is 0.785. The van der Waals surface area contributed by atoms with Gasteiger partial charge in [0.1, 0.15) is 10.4 Å². The van der Waals surface area contributed by atoms with Gasteiger partial charge in [0.05, 0.1) is 10.6 Å². The number of rotatable bonds is 4. The monoisotopic (exact) mass is 453 g/mol. The maximum absolute atomic E-state index is 12.7. The number of nitrogens with zero attached hydrogens (tertiary/aromatic N) is 1. The summed E-state index contributed by atoms with van der Waals surface area (Å²) in [6.45, 7) is 0. The van der Waals surface area contributed by atoms with E-state index in [4.69, 9.17) is 43.4 Å². The minimum Gasteiger partial charge on any atom is -0.436 e. The van der Waals surface area contributed by atoms with Crippen LogP contribution in [0, 0.1) is 0 Å². The molecule has 0 aliphatic rings. The van der Waals surface area contributed by atoms with E-state index in [1.807, 2.05) is 0 Å². The molecule has 0 amide bonds. The standard InChI is InChI=1S/C19H10Cl3NO4S/c20-11-6-8-18(14(22)9-11)28(24,25)27-16-4-2-1-3-13(16)19-23-15-10-12(21)5-7-17(15)26-19/h1-10H. The van der Waals surface area contributed by atoms with E-state index in [9.17, 15) is 8.42 Å². The van der Waals surface area contributed by atoms with Crippen molar-refractivity contribution in [2.45, 2.75) is 4.90 Å². The predicted molar refractivity (Wildman–Crippen MR) is 109 cm³/mol. The van der Waals surface area contributed by atoms with Crippen molar-refractivity contribution in [3.8, 4) is 17.2 Å². The van der Waals surface area contributed by atoms with Crippen LogP contribution < -0.4 is 4.18 Å². The third-order valence-electron chi connectivity index (χ3n) is 3.83. The van der Waals surface area contributed by atoms with Crippen LogP contribution in [0.15, 0.2) is 70.0 Å². The molecule has 142 valence electrons. The van der Waals surface area contributed by atoms with Gasteiger partial charge in [-0.05, 0) is 48.5 Å². The lowest BCUT2D eigenvalue weighted by molar-refractivity contribution is 0.485. The van der Waals surface area contributed by atoms with Crippen molar-refractivity contribution in [1.29, 1.82) is 0 Å². The van der Waals surface area contributed by atoms with Crippen LogP contribution in [0.2, 0.25) is 15.1 Å². The van der Waals surface area contributed by atoms with Crippen LogP contribution in [0.3, 0.4) is 0 Å². The Hall–Kier alpha value is -2.25. The van der Waals surface area contributed by atoms with Gasteiger partial charge in [-0.3, -0.25) is 0 Å². The molecule has 0 aliphatic heterocycles. The Labute approximate surface area is 175 Å². The average molecular weight is 455 g/mol. The van der Waals surface area contributed by atoms with Crippen molar-refractivity contribution in [3.63, 3.8) is 0 Å². The highest BCUT2D eigenvalue weighted by Gasteiger charge is 2.23. The number of fused-ring (bicyclic) bond motifs is 1. The summed E-state index contributed by atoms with van der Waals surface area (Å²) in [7, 11) is -4.21. The van der Waals surface area contributed by atoms with Gasteiger partial charge in [0.2, 0.25) is 5.89 Å². The Morgan fingerprint density at radius 2 is 1.61 bits per heavy atom. The summed E-state index contributed by atoms with van der Waals surface area (Å²) in [6, 6.07) is 15.5. The van der Waals surface area contributed by atoms with Crippen LogP contribution in [0.5, 0.6) is 5.75 Å². The summed E-state index contributed by atoms with van der Waals surface area (Å²) >= 11 is 17.8. The van der Waals surface area contributed by atoms with Crippen molar-refractivity contribution in [2.75, 3.05) is 0 Å². The zero-order valence-electron chi connectivity index (χ0n) is 13.9. The normalized spacial score (nSPS) is 11.7. The summed E-state index contributed by atoms with van der Waals surface area (Å²) < 4.78 is 36.5. The van der Waals surface area contributed by atoms with Gasteiger partial charge < -0.3 is 8.60 Å². The Morgan fingerprint density at radius 1 is 0.893 bits per heavy atom.